The molecule has 1 aliphatic carbocycles. The van der Waals surface area contributed by atoms with Gasteiger partial charge in [-0.25, -0.2) is 4.39 Å². The van der Waals surface area contributed by atoms with Crippen LogP contribution >= 0.6 is 0 Å². The van der Waals surface area contributed by atoms with Gasteiger partial charge < -0.3 is 9.47 Å². The lowest BCUT2D eigenvalue weighted by atomic mass is 9.68. The summed E-state index contributed by atoms with van der Waals surface area (Å²) in [6, 6.07) is 15.6. The summed E-state index contributed by atoms with van der Waals surface area (Å²) in [7, 11) is 0. The van der Waals surface area contributed by atoms with Crippen molar-refractivity contribution in [1.29, 1.82) is 0 Å². The molecular formula is C26H24FN5. The largest absolute Gasteiger partial charge is 0.371 e. The van der Waals surface area contributed by atoms with Crippen molar-refractivity contribution in [2.75, 3.05) is 18.0 Å². The summed E-state index contributed by atoms with van der Waals surface area (Å²) in [6.45, 7) is 3.11. The van der Waals surface area contributed by atoms with Crippen LogP contribution in [0.2, 0.25) is 0 Å². The second kappa shape index (κ2) is 6.55. The third-order valence-corrected chi connectivity index (χ3v) is 7.73. The molecule has 0 unspecified atom stereocenters. The van der Waals surface area contributed by atoms with E-state index in [1.165, 1.54) is 55.6 Å². The van der Waals surface area contributed by atoms with Crippen LogP contribution in [-0.4, -0.2) is 32.4 Å². The number of hydrogen-bond acceptors (Lipinski definition) is 3. The molecule has 2 fully saturated rings. The van der Waals surface area contributed by atoms with Gasteiger partial charge in [0.25, 0.3) is 0 Å². The third kappa shape index (κ3) is 2.68. The molecule has 160 valence electrons. The van der Waals surface area contributed by atoms with Crippen LogP contribution in [0.25, 0.3) is 28.3 Å². The molecule has 32 heavy (non-hydrogen) atoms. The van der Waals surface area contributed by atoms with Crippen molar-refractivity contribution in [3.8, 4) is 28.3 Å². The molecule has 0 amide bonds. The lowest BCUT2D eigenvalue weighted by Gasteiger charge is -2.38. The highest BCUT2D eigenvalue weighted by Gasteiger charge is 2.42. The summed E-state index contributed by atoms with van der Waals surface area (Å²) < 4.78 is 17.7. The molecule has 2 aliphatic heterocycles. The molecule has 0 N–H and O–H groups in total. The van der Waals surface area contributed by atoms with E-state index in [0.29, 0.717) is 5.41 Å². The summed E-state index contributed by atoms with van der Waals surface area (Å²) in [6.07, 6.45) is 9.42. The number of halogens is 1. The van der Waals surface area contributed by atoms with E-state index in [9.17, 15) is 4.39 Å². The molecule has 0 atom stereocenters. The van der Waals surface area contributed by atoms with Crippen molar-refractivity contribution in [3.05, 3.63) is 72.4 Å². The van der Waals surface area contributed by atoms with Crippen molar-refractivity contribution in [2.24, 2.45) is 5.41 Å². The van der Waals surface area contributed by atoms with Gasteiger partial charge in [0.05, 0.1) is 11.4 Å². The van der Waals surface area contributed by atoms with Gasteiger partial charge in [-0.3, -0.25) is 4.57 Å². The Bertz CT molecular complexity index is 1330. The molecule has 1 saturated heterocycles. The Morgan fingerprint density at radius 1 is 0.938 bits per heavy atom. The molecule has 4 aromatic rings. The average molecular weight is 426 g/mol. The van der Waals surface area contributed by atoms with Crippen LogP contribution in [0.5, 0.6) is 0 Å². The quantitative estimate of drug-likeness (QED) is 0.386. The summed E-state index contributed by atoms with van der Waals surface area (Å²) in [5.41, 5.74) is 7.36. The van der Waals surface area contributed by atoms with Gasteiger partial charge in [-0.2, -0.15) is 0 Å². The van der Waals surface area contributed by atoms with Crippen molar-refractivity contribution in [3.63, 3.8) is 0 Å². The lowest BCUT2D eigenvalue weighted by molar-refractivity contribution is 0.165. The lowest BCUT2D eigenvalue weighted by Crippen LogP contribution is -2.33. The van der Waals surface area contributed by atoms with Crippen LogP contribution in [0.3, 0.4) is 0 Å². The Morgan fingerprint density at radius 2 is 1.81 bits per heavy atom. The molecule has 0 radical (unpaired) electrons. The maximum Gasteiger partial charge on any atom is 0.185 e. The van der Waals surface area contributed by atoms with Crippen LogP contribution in [0.15, 0.2) is 61.1 Å². The SMILES string of the molecule is Fc1ccc(-c2cc3n(c2)Cc2cc(N4CCC5(CCC5)C4)ccc2-n2cnnc2-3)cc1. The van der Waals surface area contributed by atoms with Gasteiger partial charge in [-0.1, -0.05) is 18.6 Å². The number of rotatable bonds is 2. The predicted octanol–water partition coefficient (Wildman–Crippen LogP) is 5.28. The Morgan fingerprint density at radius 3 is 2.59 bits per heavy atom. The van der Waals surface area contributed by atoms with Gasteiger partial charge in [0.2, 0.25) is 0 Å². The molecule has 2 aromatic carbocycles. The molecule has 6 heteroatoms. The first-order valence-corrected chi connectivity index (χ1v) is 11.4. The molecule has 3 aliphatic rings. The third-order valence-electron chi connectivity index (χ3n) is 7.73. The second-order valence-corrected chi connectivity index (χ2v) is 9.61. The van der Waals surface area contributed by atoms with Crippen LogP contribution in [-0.2, 0) is 6.54 Å². The molecule has 0 bridgehead atoms. The van der Waals surface area contributed by atoms with E-state index >= 15 is 0 Å². The second-order valence-electron chi connectivity index (χ2n) is 9.61. The number of benzene rings is 2. The van der Waals surface area contributed by atoms with E-state index in [-0.39, 0.29) is 5.82 Å². The average Bonchev–Trinajstić information content (AvgIpc) is 3.51. The summed E-state index contributed by atoms with van der Waals surface area (Å²) in [4.78, 5) is 2.57. The highest BCUT2D eigenvalue weighted by molar-refractivity contribution is 5.72. The fourth-order valence-electron chi connectivity index (χ4n) is 5.77. The number of nitrogens with zero attached hydrogens (tertiary/aromatic N) is 5. The summed E-state index contributed by atoms with van der Waals surface area (Å²) in [5.74, 6) is 0.612. The fraction of sp³-hybridized carbons (Fsp3) is 0.308. The topological polar surface area (TPSA) is 38.9 Å². The van der Waals surface area contributed by atoms with E-state index in [1.807, 2.05) is 12.1 Å². The van der Waals surface area contributed by atoms with Crippen LogP contribution in [0.4, 0.5) is 10.1 Å². The summed E-state index contributed by atoms with van der Waals surface area (Å²) >= 11 is 0. The van der Waals surface area contributed by atoms with E-state index < -0.39 is 0 Å². The van der Waals surface area contributed by atoms with E-state index in [0.717, 1.165) is 41.4 Å². The minimum Gasteiger partial charge on any atom is -0.371 e. The van der Waals surface area contributed by atoms with Gasteiger partial charge in [0, 0.05) is 37.1 Å². The highest BCUT2D eigenvalue weighted by Crippen LogP contribution is 2.49. The molecule has 1 saturated carbocycles. The zero-order valence-corrected chi connectivity index (χ0v) is 17.8. The first kappa shape index (κ1) is 18.2. The smallest absolute Gasteiger partial charge is 0.185 e. The fourth-order valence-corrected chi connectivity index (χ4v) is 5.77. The number of anilines is 1. The Kier molecular flexibility index (Phi) is 3.72. The standard InChI is InChI=1S/C26H24FN5/c27-21-4-2-18(3-5-21)19-13-24-25-29-28-17-32(25)23-7-6-22(12-20(23)15-31(24)14-19)30-11-10-26(16-30)8-1-9-26/h2-7,12-14,17H,1,8-11,15-16H2. The molecular weight excluding hydrogens is 401 g/mol. The zero-order valence-electron chi connectivity index (χ0n) is 17.8. The van der Waals surface area contributed by atoms with E-state index in [1.54, 1.807) is 6.33 Å². The van der Waals surface area contributed by atoms with Gasteiger partial charge in [-0.15, -0.1) is 10.2 Å². The van der Waals surface area contributed by atoms with Crippen molar-refractivity contribution >= 4 is 5.69 Å². The minimum atomic E-state index is -0.221. The Labute approximate surface area is 186 Å². The molecule has 5 nitrogen and oxygen atoms in total. The number of hydrogen-bond donors (Lipinski definition) is 0. The van der Waals surface area contributed by atoms with Gasteiger partial charge in [0.1, 0.15) is 12.1 Å². The monoisotopic (exact) mass is 425 g/mol. The van der Waals surface area contributed by atoms with Gasteiger partial charge >= 0.3 is 0 Å². The number of fused-ring (bicyclic) bond motifs is 5. The van der Waals surface area contributed by atoms with Crippen molar-refractivity contribution < 1.29 is 4.39 Å². The summed E-state index contributed by atoms with van der Waals surface area (Å²) in [5, 5.41) is 8.65. The predicted molar refractivity (Wildman–Crippen MR) is 122 cm³/mol. The van der Waals surface area contributed by atoms with Gasteiger partial charge in [-0.05, 0) is 72.2 Å². The first-order valence-electron chi connectivity index (χ1n) is 11.4. The molecule has 4 heterocycles. The zero-order chi connectivity index (χ0) is 21.3. The maximum absolute atomic E-state index is 13.4. The molecule has 2 aromatic heterocycles. The highest BCUT2D eigenvalue weighted by atomic mass is 19.1. The van der Waals surface area contributed by atoms with Crippen LogP contribution < -0.4 is 4.90 Å². The normalized spacial score (nSPS) is 18.1. The van der Waals surface area contributed by atoms with Crippen LogP contribution in [0.1, 0.15) is 31.2 Å². The minimum absolute atomic E-state index is 0.221. The van der Waals surface area contributed by atoms with E-state index in [2.05, 4.69) is 54.7 Å². The van der Waals surface area contributed by atoms with Gasteiger partial charge in [0.15, 0.2) is 5.82 Å². The molecule has 1 spiro atoms. The van der Waals surface area contributed by atoms with Crippen LogP contribution in [0, 0.1) is 11.2 Å². The Hall–Kier alpha value is -3.41. The maximum atomic E-state index is 13.4. The van der Waals surface area contributed by atoms with E-state index in [4.69, 9.17) is 0 Å². The Balaban J connectivity index is 1.30. The number of aromatic nitrogens is 4. The first-order chi connectivity index (χ1) is 15.7. The van der Waals surface area contributed by atoms with Crippen molar-refractivity contribution in [1.82, 2.24) is 19.3 Å². The van der Waals surface area contributed by atoms with Crippen molar-refractivity contribution in [2.45, 2.75) is 32.2 Å². The molecule has 7 rings (SSSR count).